The summed E-state index contributed by atoms with van der Waals surface area (Å²) in [5.74, 6) is -3.62. The molecule has 0 aliphatic carbocycles. The zero-order valence-corrected chi connectivity index (χ0v) is 11.1. The predicted octanol–water partition coefficient (Wildman–Crippen LogP) is 3.29. The number of benzene rings is 1. The number of aryl methyl sites for hydroxylation is 1. The van der Waals surface area contributed by atoms with Crippen molar-refractivity contribution in [2.75, 3.05) is 5.32 Å². The summed E-state index contributed by atoms with van der Waals surface area (Å²) in [6, 6.07) is 4.09. The molecule has 2 aromatic rings. The maximum atomic E-state index is 13.4. The molecule has 2 N–H and O–H groups in total. The molecular formula is C13H9F2NO3S. The molecule has 20 heavy (non-hydrogen) atoms. The van der Waals surface area contributed by atoms with Crippen LogP contribution in [0.5, 0.6) is 0 Å². The van der Waals surface area contributed by atoms with Gasteiger partial charge in [-0.25, -0.2) is 13.6 Å². The van der Waals surface area contributed by atoms with Crippen LogP contribution < -0.4 is 5.32 Å². The third-order valence-electron chi connectivity index (χ3n) is 2.52. The third kappa shape index (κ3) is 2.83. The van der Waals surface area contributed by atoms with Gasteiger partial charge in [-0.05, 0) is 30.7 Å². The fourth-order valence-corrected chi connectivity index (χ4v) is 2.52. The molecule has 0 fully saturated rings. The van der Waals surface area contributed by atoms with Crippen LogP contribution in [-0.4, -0.2) is 17.0 Å². The van der Waals surface area contributed by atoms with Crippen molar-refractivity contribution in [3.8, 4) is 0 Å². The lowest BCUT2D eigenvalue weighted by Crippen LogP contribution is -2.13. The summed E-state index contributed by atoms with van der Waals surface area (Å²) < 4.78 is 26.2. The van der Waals surface area contributed by atoms with E-state index < -0.39 is 23.5 Å². The van der Waals surface area contributed by atoms with Gasteiger partial charge in [-0.2, -0.15) is 0 Å². The summed E-state index contributed by atoms with van der Waals surface area (Å²) in [4.78, 5) is 22.8. The van der Waals surface area contributed by atoms with Gasteiger partial charge in [0.25, 0.3) is 5.91 Å². The van der Waals surface area contributed by atoms with E-state index in [1.165, 1.54) is 6.07 Å². The zero-order valence-electron chi connectivity index (χ0n) is 10.2. The topological polar surface area (TPSA) is 66.4 Å². The van der Waals surface area contributed by atoms with Gasteiger partial charge in [0, 0.05) is 6.07 Å². The summed E-state index contributed by atoms with van der Waals surface area (Å²) in [7, 11) is 0. The Morgan fingerprint density at radius 2 is 1.95 bits per heavy atom. The molecule has 0 saturated heterocycles. The van der Waals surface area contributed by atoms with Crippen LogP contribution in [0.25, 0.3) is 0 Å². The predicted molar refractivity (Wildman–Crippen MR) is 70.3 cm³/mol. The van der Waals surface area contributed by atoms with Gasteiger partial charge in [-0.15, -0.1) is 11.3 Å². The molecule has 7 heteroatoms. The molecular weight excluding hydrogens is 288 g/mol. The number of anilines is 1. The molecule has 1 aromatic heterocycles. The molecule has 1 heterocycles. The Hall–Kier alpha value is -2.28. The van der Waals surface area contributed by atoms with Crippen molar-refractivity contribution in [3.63, 3.8) is 0 Å². The van der Waals surface area contributed by atoms with Crippen molar-refractivity contribution < 1.29 is 23.5 Å². The highest BCUT2D eigenvalue weighted by atomic mass is 32.1. The van der Waals surface area contributed by atoms with Crippen LogP contribution in [0, 0.1) is 18.6 Å². The highest BCUT2D eigenvalue weighted by molar-refractivity contribution is 7.18. The SMILES string of the molecule is Cc1cc(NC(=O)c2ccc(F)cc2F)sc1C(=O)O. The number of thiophene rings is 1. The molecule has 0 unspecified atom stereocenters. The minimum atomic E-state index is -1.10. The first-order chi connectivity index (χ1) is 9.38. The lowest BCUT2D eigenvalue weighted by Gasteiger charge is -2.03. The van der Waals surface area contributed by atoms with Crippen LogP contribution in [0.1, 0.15) is 25.6 Å². The molecule has 4 nitrogen and oxygen atoms in total. The van der Waals surface area contributed by atoms with E-state index in [1.807, 2.05) is 0 Å². The normalized spacial score (nSPS) is 10.3. The van der Waals surface area contributed by atoms with Crippen molar-refractivity contribution in [1.29, 1.82) is 0 Å². The van der Waals surface area contributed by atoms with Gasteiger partial charge in [0.1, 0.15) is 16.5 Å². The summed E-state index contributed by atoms with van der Waals surface area (Å²) >= 11 is 0.872. The maximum absolute atomic E-state index is 13.4. The van der Waals surface area contributed by atoms with Crippen molar-refractivity contribution >= 4 is 28.2 Å². The smallest absolute Gasteiger partial charge is 0.346 e. The van der Waals surface area contributed by atoms with Crippen LogP contribution in [-0.2, 0) is 0 Å². The minimum Gasteiger partial charge on any atom is -0.477 e. The van der Waals surface area contributed by atoms with E-state index in [4.69, 9.17) is 5.11 Å². The van der Waals surface area contributed by atoms with Crippen molar-refractivity contribution in [2.45, 2.75) is 6.92 Å². The summed E-state index contributed by atoms with van der Waals surface area (Å²) in [5.41, 5.74) is 0.187. The number of carbonyl (C=O) groups excluding carboxylic acids is 1. The van der Waals surface area contributed by atoms with Gasteiger partial charge in [0.2, 0.25) is 0 Å². The Labute approximate surface area is 116 Å². The molecule has 0 spiro atoms. The number of carboxylic acids is 1. The number of carbonyl (C=O) groups is 2. The average Bonchev–Trinajstić information content (AvgIpc) is 2.70. The largest absolute Gasteiger partial charge is 0.477 e. The molecule has 0 aliphatic heterocycles. The number of rotatable bonds is 3. The number of amides is 1. The molecule has 0 atom stereocenters. The van der Waals surface area contributed by atoms with Gasteiger partial charge in [0.05, 0.1) is 10.6 Å². The quantitative estimate of drug-likeness (QED) is 0.913. The number of hydrogen-bond donors (Lipinski definition) is 2. The number of hydrogen-bond acceptors (Lipinski definition) is 3. The first-order valence-corrected chi connectivity index (χ1v) is 6.30. The van der Waals surface area contributed by atoms with Gasteiger partial charge >= 0.3 is 5.97 Å². The number of carboxylic acid groups (broad SMARTS) is 1. The van der Waals surface area contributed by atoms with Crippen LogP contribution in [0.4, 0.5) is 13.8 Å². The van der Waals surface area contributed by atoms with E-state index in [-0.39, 0.29) is 15.4 Å². The molecule has 0 bridgehead atoms. The molecule has 1 amide bonds. The second-order valence-corrected chi connectivity index (χ2v) is 5.06. The van der Waals surface area contributed by atoms with Gasteiger partial charge in [-0.1, -0.05) is 0 Å². The number of aromatic carboxylic acids is 1. The standard InChI is InChI=1S/C13H9F2NO3S/c1-6-4-10(20-11(6)13(18)19)16-12(17)8-3-2-7(14)5-9(8)15/h2-5H,1H3,(H,16,17)(H,18,19). The zero-order chi connectivity index (χ0) is 14.9. The van der Waals surface area contributed by atoms with Crippen molar-refractivity contribution in [2.24, 2.45) is 0 Å². The Morgan fingerprint density at radius 3 is 2.50 bits per heavy atom. The van der Waals surface area contributed by atoms with Gasteiger partial charge in [0.15, 0.2) is 0 Å². The number of halogens is 2. The fraction of sp³-hybridized carbons (Fsp3) is 0.0769. The lowest BCUT2D eigenvalue weighted by molar-refractivity contribution is 0.0701. The second-order valence-electron chi connectivity index (χ2n) is 4.01. The highest BCUT2D eigenvalue weighted by Gasteiger charge is 2.16. The summed E-state index contributed by atoms with van der Waals surface area (Å²) in [6.07, 6.45) is 0. The first kappa shape index (κ1) is 14.1. The van der Waals surface area contributed by atoms with Crippen molar-refractivity contribution in [1.82, 2.24) is 0 Å². The van der Waals surface area contributed by atoms with Crippen molar-refractivity contribution in [3.05, 3.63) is 51.9 Å². The lowest BCUT2D eigenvalue weighted by atomic mass is 10.2. The average molecular weight is 297 g/mol. The van der Waals surface area contributed by atoms with Gasteiger partial charge < -0.3 is 10.4 Å². The number of nitrogens with one attached hydrogen (secondary N) is 1. The molecule has 0 aliphatic rings. The maximum Gasteiger partial charge on any atom is 0.346 e. The van der Waals surface area contributed by atoms with Crippen LogP contribution in [0.3, 0.4) is 0 Å². The second kappa shape index (κ2) is 5.38. The monoisotopic (exact) mass is 297 g/mol. The Balaban J connectivity index is 2.23. The van der Waals surface area contributed by atoms with E-state index in [9.17, 15) is 18.4 Å². The molecule has 1 aromatic carbocycles. The van der Waals surface area contributed by atoms with Crippen LogP contribution >= 0.6 is 11.3 Å². The van der Waals surface area contributed by atoms with E-state index in [1.54, 1.807) is 6.92 Å². The van der Waals surface area contributed by atoms with Crippen LogP contribution in [0.2, 0.25) is 0 Å². The van der Waals surface area contributed by atoms with E-state index in [0.717, 1.165) is 23.5 Å². The molecule has 0 radical (unpaired) electrons. The molecule has 104 valence electrons. The molecule has 2 rings (SSSR count). The van der Waals surface area contributed by atoms with Gasteiger partial charge in [-0.3, -0.25) is 4.79 Å². The highest BCUT2D eigenvalue weighted by Crippen LogP contribution is 2.27. The van der Waals surface area contributed by atoms with E-state index in [2.05, 4.69) is 5.32 Å². The summed E-state index contributed by atoms with van der Waals surface area (Å²) in [5, 5.41) is 11.6. The van der Waals surface area contributed by atoms with Crippen LogP contribution in [0.15, 0.2) is 24.3 Å². The van der Waals surface area contributed by atoms with E-state index in [0.29, 0.717) is 11.6 Å². The minimum absolute atomic E-state index is 0.0971. The third-order valence-corrected chi connectivity index (χ3v) is 3.67. The fourth-order valence-electron chi connectivity index (χ4n) is 1.61. The Bertz CT molecular complexity index is 697. The molecule has 0 saturated carbocycles. The summed E-state index contributed by atoms with van der Waals surface area (Å²) in [6.45, 7) is 1.59. The Kier molecular flexibility index (Phi) is 3.80. The first-order valence-electron chi connectivity index (χ1n) is 5.48. The Morgan fingerprint density at radius 1 is 1.25 bits per heavy atom. The van der Waals surface area contributed by atoms with E-state index >= 15 is 0 Å².